The third-order valence-electron chi connectivity index (χ3n) is 0.756. The number of hydrogen-bond acceptors (Lipinski definition) is 2. The van der Waals surface area contributed by atoms with Crippen molar-refractivity contribution >= 4 is 21.6 Å². The molecule has 0 heterocycles. The van der Waals surface area contributed by atoms with E-state index >= 15 is 0 Å². The summed E-state index contributed by atoms with van der Waals surface area (Å²) in [6, 6.07) is 0. The van der Waals surface area contributed by atoms with Crippen LogP contribution in [0.2, 0.25) is 0 Å². The van der Waals surface area contributed by atoms with Gasteiger partial charge in [-0.15, -0.1) is 0 Å². The molecule has 10 heavy (non-hydrogen) atoms. The highest BCUT2D eigenvalue weighted by molar-refractivity contribution is 8.78. The zero-order valence-corrected chi connectivity index (χ0v) is 7.80. The Balaban J connectivity index is 3.70. The Morgan fingerprint density at radius 2 is 2.20 bits per heavy atom. The topological polar surface area (TPSA) is 0 Å². The summed E-state index contributed by atoms with van der Waals surface area (Å²) >= 11 is 0. The fraction of sp³-hybridized carbons (Fsp3) is 0.250. The summed E-state index contributed by atoms with van der Waals surface area (Å²) in [6.45, 7) is 9.42. The van der Waals surface area contributed by atoms with E-state index in [0.717, 1.165) is 5.75 Å². The van der Waals surface area contributed by atoms with Crippen molar-refractivity contribution in [3.63, 3.8) is 0 Å². The van der Waals surface area contributed by atoms with Crippen molar-refractivity contribution in [2.45, 2.75) is 6.92 Å². The minimum atomic E-state index is 1.12. The van der Waals surface area contributed by atoms with Crippen LogP contribution in [0.15, 0.2) is 36.3 Å². The van der Waals surface area contributed by atoms with Crippen molar-refractivity contribution in [1.82, 2.24) is 0 Å². The van der Waals surface area contributed by atoms with Crippen molar-refractivity contribution in [3.8, 4) is 0 Å². The number of rotatable bonds is 5. The van der Waals surface area contributed by atoms with Crippen LogP contribution in [-0.2, 0) is 0 Å². The van der Waals surface area contributed by atoms with Crippen LogP contribution < -0.4 is 0 Å². The van der Waals surface area contributed by atoms with E-state index in [-0.39, 0.29) is 0 Å². The van der Waals surface area contributed by atoms with Gasteiger partial charge in [0.1, 0.15) is 0 Å². The molecular weight excluding hydrogens is 160 g/mol. The van der Waals surface area contributed by atoms with E-state index in [9.17, 15) is 0 Å². The second kappa shape index (κ2) is 7.03. The molecule has 0 N–H and O–H groups in total. The van der Waals surface area contributed by atoms with Crippen molar-refractivity contribution in [1.29, 1.82) is 0 Å². The first-order valence-electron chi connectivity index (χ1n) is 3.09. The summed E-state index contributed by atoms with van der Waals surface area (Å²) in [4.78, 5) is 1.17. The van der Waals surface area contributed by atoms with E-state index in [0.29, 0.717) is 0 Å². The molecule has 0 aromatic heterocycles. The molecule has 0 rings (SSSR count). The Morgan fingerprint density at radius 1 is 1.50 bits per heavy atom. The lowest BCUT2D eigenvalue weighted by molar-refractivity contribution is 1.54. The molecule has 0 spiro atoms. The minimum absolute atomic E-state index is 1.12. The Morgan fingerprint density at radius 3 is 2.60 bits per heavy atom. The van der Waals surface area contributed by atoms with Crippen LogP contribution >= 0.6 is 21.6 Å². The first-order chi connectivity index (χ1) is 4.85. The molecule has 0 bridgehead atoms. The third-order valence-corrected chi connectivity index (χ3v) is 3.24. The molecule has 2 heteroatoms. The van der Waals surface area contributed by atoms with E-state index in [1.54, 1.807) is 16.9 Å². The van der Waals surface area contributed by atoms with Crippen LogP contribution in [0.4, 0.5) is 0 Å². The number of hydrogen-bond donors (Lipinski definition) is 0. The Kier molecular flexibility index (Phi) is 6.98. The molecule has 0 aromatic rings. The van der Waals surface area contributed by atoms with Crippen LogP contribution in [0, 0.1) is 0 Å². The van der Waals surface area contributed by atoms with Gasteiger partial charge in [-0.3, -0.25) is 0 Å². The van der Waals surface area contributed by atoms with Gasteiger partial charge in [0.25, 0.3) is 0 Å². The van der Waals surface area contributed by atoms with Gasteiger partial charge in [-0.2, -0.15) is 0 Å². The van der Waals surface area contributed by atoms with E-state index in [1.807, 2.05) is 22.9 Å². The molecule has 0 unspecified atom stereocenters. The van der Waals surface area contributed by atoms with Crippen LogP contribution in [-0.4, -0.2) is 5.75 Å². The second-order valence-corrected chi connectivity index (χ2v) is 4.16. The zero-order chi connectivity index (χ0) is 7.82. The summed E-state index contributed by atoms with van der Waals surface area (Å²) in [5.74, 6) is 1.12. The maximum atomic E-state index is 3.68. The predicted molar refractivity (Wildman–Crippen MR) is 54.2 cm³/mol. The van der Waals surface area contributed by atoms with E-state index < -0.39 is 0 Å². The normalized spacial score (nSPS) is 11.1. The maximum absolute atomic E-state index is 3.68. The Hall–Kier alpha value is -0.0800. The molecule has 0 radical (unpaired) electrons. The summed E-state index contributed by atoms with van der Waals surface area (Å²) in [7, 11) is 3.54. The van der Waals surface area contributed by atoms with Crippen LogP contribution in [0.5, 0.6) is 0 Å². The minimum Gasteiger partial charge on any atom is -0.0990 e. The third kappa shape index (κ3) is 4.77. The molecule has 0 nitrogen and oxygen atoms in total. The quantitative estimate of drug-likeness (QED) is 0.458. The maximum Gasteiger partial charge on any atom is 0.0176 e. The zero-order valence-electron chi connectivity index (χ0n) is 6.17. The van der Waals surface area contributed by atoms with Crippen molar-refractivity contribution in [2.24, 2.45) is 0 Å². The second-order valence-electron chi connectivity index (χ2n) is 1.50. The molecule has 0 amide bonds. The Bertz CT molecular complexity index is 136. The van der Waals surface area contributed by atoms with Crippen molar-refractivity contribution in [2.75, 3.05) is 5.75 Å². The standard InChI is InChI=1S/C8H12S2/c1-4-7-8(5-2)10-9-6-3/h4-5,7H,1-2,6H2,3H3. The highest BCUT2D eigenvalue weighted by Gasteiger charge is 1.88. The lowest BCUT2D eigenvalue weighted by atomic mass is 10.5. The molecule has 0 saturated heterocycles. The smallest absolute Gasteiger partial charge is 0.0176 e. The fourth-order valence-corrected chi connectivity index (χ4v) is 1.98. The largest absolute Gasteiger partial charge is 0.0990 e. The summed E-state index contributed by atoms with van der Waals surface area (Å²) in [5.41, 5.74) is 0. The summed E-state index contributed by atoms with van der Waals surface area (Å²) in [6.07, 6.45) is 5.58. The van der Waals surface area contributed by atoms with Gasteiger partial charge in [0.05, 0.1) is 0 Å². The van der Waals surface area contributed by atoms with Gasteiger partial charge >= 0.3 is 0 Å². The molecule has 0 atom stereocenters. The van der Waals surface area contributed by atoms with E-state index in [1.165, 1.54) is 4.91 Å². The molecule has 0 fully saturated rings. The van der Waals surface area contributed by atoms with Gasteiger partial charge in [-0.25, -0.2) is 0 Å². The van der Waals surface area contributed by atoms with Gasteiger partial charge in [0.15, 0.2) is 0 Å². The monoisotopic (exact) mass is 172 g/mol. The SMILES string of the molecule is C=CC=C(C=C)SSCC. The van der Waals surface area contributed by atoms with E-state index in [4.69, 9.17) is 0 Å². The first kappa shape index (κ1) is 9.92. The lowest BCUT2D eigenvalue weighted by Gasteiger charge is -1.95. The van der Waals surface area contributed by atoms with Crippen LogP contribution in [0.3, 0.4) is 0 Å². The van der Waals surface area contributed by atoms with Gasteiger partial charge in [0, 0.05) is 10.7 Å². The van der Waals surface area contributed by atoms with E-state index in [2.05, 4.69) is 20.1 Å². The van der Waals surface area contributed by atoms with Gasteiger partial charge < -0.3 is 0 Å². The van der Waals surface area contributed by atoms with Crippen molar-refractivity contribution in [3.05, 3.63) is 36.3 Å². The van der Waals surface area contributed by atoms with Gasteiger partial charge in [-0.05, 0) is 6.08 Å². The molecule has 0 aliphatic heterocycles. The van der Waals surface area contributed by atoms with Crippen LogP contribution in [0.1, 0.15) is 6.92 Å². The summed E-state index contributed by atoms with van der Waals surface area (Å²) < 4.78 is 0. The fourth-order valence-electron chi connectivity index (χ4n) is 0.373. The highest BCUT2D eigenvalue weighted by atomic mass is 33.1. The molecular formula is C8H12S2. The Labute approximate surface area is 70.9 Å². The molecule has 0 saturated carbocycles. The van der Waals surface area contributed by atoms with Gasteiger partial charge in [-0.1, -0.05) is 53.8 Å². The number of allylic oxidation sites excluding steroid dienone is 3. The lowest BCUT2D eigenvalue weighted by Crippen LogP contribution is -1.64. The van der Waals surface area contributed by atoms with Crippen molar-refractivity contribution < 1.29 is 0 Å². The summed E-state index contributed by atoms with van der Waals surface area (Å²) in [5, 5.41) is 0. The average molecular weight is 172 g/mol. The van der Waals surface area contributed by atoms with Gasteiger partial charge in [0.2, 0.25) is 0 Å². The average Bonchev–Trinajstić information content (AvgIpc) is 1.98. The predicted octanol–water partition coefficient (Wildman–Crippen LogP) is 3.64. The van der Waals surface area contributed by atoms with Crippen LogP contribution in [0.25, 0.3) is 0 Å². The molecule has 0 aliphatic rings. The molecule has 0 aromatic carbocycles. The highest BCUT2D eigenvalue weighted by Crippen LogP contribution is 2.29. The molecule has 56 valence electrons. The first-order valence-corrected chi connectivity index (χ1v) is 5.41. The molecule has 0 aliphatic carbocycles.